The number of hydrogen-bond acceptors (Lipinski definition) is 7. The Morgan fingerprint density at radius 1 is 1.03 bits per heavy atom. The molecular weight excluding hydrogens is 402 g/mol. The number of hydrogen-bond donors (Lipinski definition) is 1. The molecule has 0 unspecified atom stereocenters. The van der Waals surface area contributed by atoms with Crippen LogP contribution in [0, 0.1) is 0 Å². The number of ether oxygens (including phenoxy) is 3. The molecule has 9 heteroatoms. The molecule has 0 spiro atoms. The highest BCUT2D eigenvalue weighted by molar-refractivity contribution is 6.05. The zero-order valence-corrected chi connectivity index (χ0v) is 17.7. The molecule has 0 radical (unpaired) electrons. The summed E-state index contributed by atoms with van der Waals surface area (Å²) in [5, 5.41) is 7.77. The van der Waals surface area contributed by atoms with Crippen LogP contribution in [0.15, 0.2) is 47.3 Å². The number of nitrogens with zero attached hydrogens (tertiary/aromatic N) is 2. The van der Waals surface area contributed by atoms with Crippen LogP contribution in [0.1, 0.15) is 28.5 Å². The summed E-state index contributed by atoms with van der Waals surface area (Å²) in [6, 6.07) is 11.1. The van der Waals surface area contributed by atoms with E-state index in [0.717, 1.165) is 4.68 Å². The highest BCUT2D eigenvalue weighted by Crippen LogP contribution is 2.31. The minimum Gasteiger partial charge on any atom is -0.493 e. The second-order valence-corrected chi connectivity index (χ2v) is 6.74. The van der Waals surface area contributed by atoms with Crippen molar-refractivity contribution < 1.29 is 23.8 Å². The van der Waals surface area contributed by atoms with Crippen molar-refractivity contribution in [1.29, 1.82) is 0 Å². The number of carbonyl (C=O) groups is 2. The molecule has 2 aromatic carbocycles. The molecule has 1 heterocycles. The molecule has 0 aliphatic carbocycles. The van der Waals surface area contributed by atoms with Crippen LogP contribution in [0.25, 0.3) is 10.8 Å². The van der Waals surface area contributed by atoms with Gasteiger partial charge in [-0.1, -0.05) is 24.3 Å². The number of fused-ring (bicyclic) bond motifs is 1. The topological polar surface area (TPSA) is 109 Å². The minimum absolute atomic E-state index is 0.0769. The molecule has 1 amide bonds. The molecule has 0 fully saturated rings. The Morgan fingerprint density at radius 3 is 2.35 bits per heavy atom. The molecule has 0 saturated heterocycles. The summed E-state index contributed by atoms with van der Waals surface area (Å²) >= 11 is 0. The van der Waals surface area contributed by atoms with Crippen molar-refractivity contribution in [3.63, 3.8) is 0 Å². The summed E-state index contributed by atoms with van der Waals surface area (Å²) in [6.45, 7) is 0. The quantitative estimate of drug-likeness (QED) is 0.577. The largest absolute Gasteiger partial charge is 0.493 e. The van der Waals surface area contributed by atoms with E-state index in [0.29, 0.717) is 27.8 Å². The number of aromatic nitrogens is 2. The number of rotatable bonds is 7. The van der Waals surface area contributed by atoms with E-state index in [1.165, 1.54) is 28.4 Å². The Labute approximate surface area is 178 Å². The minimum atomic E-state index is -0.724. The van der Waals surface area contributed by atoms with E-state index in [2.05, 4.69) is 10.4 Å². The second-order valence-electron chi connectivity index (χ2n) is 6.74. The van der Waals surface area contributed by atoms with Gasteiger partial charge < -0.3 is 19.5 Å². The van der Waals surface area contributed by atoms with Gasteiger partial charge in [-0.25, -0.2) is 4.68 Å². The summed E-state index contributed by atoms with van der Waals surface area (Å²) in [4.78, 5) is 37.5. The molecule has 1 atom stereocenters. The van der Waals surface area contributed by atoms with Crippen LogP contribution < -0.4 is 20.3 Å². The average Bonchev–Trinajstić information content (AvgIpc) is 2.80. The number of aryl methyl sites for hydroxylation is 1. The van der Waals surface area contributed by atoms with Crippen molar-refractivity contribution in [3.05, 3.63) is 64.1 Å². The summed E-state index contributed by atoms with van der Waals surface area (Å²) in [6.07, 6.45) is -0.110. The predicted octanol–water partition coefficient (Wildman–Crippen LogP) is 1.98. The van der Waals surface area contributed by atoms with Crippen LogP contribution >= 0.6 is 0 Å². The monoisotopic (exact) mass is 425 g/mol. The molecule has 0 bridgehead atoms. The molecule has 3 rings (SSSR count). The third kappa shape index (κ3) is 4.50. The number of nitrogens with one attached hydrogen (secondary N) is 1. The third-order valence-corrected chi connectivity index (χ3v) is 4.89. The van der Waals surface area contributed by atoms with Gasteiger partial charge in [0.05, 0.1) is 39.2 Å². The van der Waals surface area contributed by atoms with E-state index in [4.69, 9.17) is 14.2 Å². The number of benzene rings is 2. The first-order valence-corrected chi connectivity index (χ1v) is 9.45. The zero-order chi connectivity index (χ0) is 22.5. The van der Waals surface area contributed by atoms with E-state index in [1.807, 2.05) is 0 Å². The smallest absolute Gasteiger partial charge is 0.307 e. The summed E-state index contributed by atoms with van der Waals surface area (Å²) in [7, 11) is 5.77. The highest BCUT2D eigenvalue weighted by Gasteiger charge is 2.24. The molecule has 1 aromatic heterocycles. The summed E-state index contributed by atoms with van der Waals surface area (Å²) < 4.78 is 16.5. The third-order valence-electron chi connectivity index (χ3n) is 4.89. The lowest BCUT2D eigenvalue weighted by atomic mass is 10.0. The van der Waals surface area contributed by atoms with Crippen LogP contribution in [-0.4, -0.2) is 43.0 Å². The van der Waals surface area contributed by atoms with Crippen LogP contribution in [0.3, 0.4) is 0 Å². The van der Waals surface area contributed by atoms with Crippen molar-refractivity contribution in [2.45, 2.75) is 12.5 Å². The van der Waals surface area contributed by atoms with E-state index in [-0.39, 0.29) is 17.7 Å². The fourth-order valence-corrected chi connectivity index (χ4v) is 3.27. The molecule has 0 aliphatic rings. The first-order valence-electron chi connectivity index (χ1n) is 9.45. The van der Waals surface area contributed by atoms with E-state index in [1.54, 1.807) is 42.5 Å². The average molecular weight is 425 g/mol. The fourth-order valence-electron chi connectivity index (χ4n) is 3.27. The van der Waals surface area contributed by atoms with E-state index < -0.39 is 17.9 Å². The molecule has 0 aliphatic heterocycles. The lowest BCUT2D eigenvalue weighted by Gasteiger charge is -2.20. The Hall–Kier alpha value is -3.88. The number of amides is 1. The number of methoxy groups -OCH3 is 3. The lowest BCUT2D eigenvalue weighted by molar-refractivity contribution is -0.141. The van der Waals surface area contributed by atoms with Gasteiger partial charge in [-0.2, -0.15) is 5.10 Å². The molecule has 1 N–H and O–H groups in total. The van der Waals surface area contributed by atoms with Crippen LogP contribution in [0.4, 0.5) is 0 Å². The summed E-state index contributed by atoms with van der Waals surface area (Å²) in [5.74, 6) is -0.0660. The van der Waals surface area contributed by atoms with Crippen molar-refractivity contribution in [2.24, 2.45) is 7.05 Å². The molecule has 162 valence electrons. The van der Waals surface area contributed by atoms with Crippen LogP contribution in [-0.2, 0) is 16.6 Å². The van der Waals surface area contributed by atoms with Crippen LogP contribution in [0.5, 0.6) is 11.5 Å². The van der Waals surface area contributed by atoms with Gasteiger partial charge in [-0.15, -0.1) is 0 Å². The van der Waals surface area contributed by atoms with Crippen molar-refractivity contribution >= 4 is 22.6 Å². The molecular formula is C22H23N3O6. The van der Waals surface area contributed by atoms with Gasteiger partial charge in [-0.05, 0) is 23.8 Å². The SMILES string of the molecule is COC(=O)C[C@@H](NC(=O)c1nn(C)c(=O)c2ccccc12)c1ccc(OC)c(OC)c1. The predicted molar refractivity (Wildman–Crippen MR) is 113 cm³/mol. The van der Waals surface area contributed by atoms with Crippen molar-refractivity contribution in [2.75, 3.05) is 21.3 Å². The maximum Gasteiger partial charge on any atom is 0.307 e. The van der Waals surface area contributed by atoms with Crippen molar-refractivity contribution in [3.8, 4) is 11.5 Å². The first kappa shape index (κ1) is 21.8. The Bertz CT molecular complexity index is 1190. The van der Waals surface area contributed by atoms with Gasteiger partial charge in [0.2, 0.25) is 0 Å². The molecule has 0 saturated carbocycles. The van der Waals surface area contributed by atoms with Gasteiger partial charge in [0.25, 0.3) is 11.5 Å². The number of esters is 1. The Balaban J connectivity index is 2.02. The fraction of sp³-hybridized carbons (Fsp3) is 0.273. The van der Waals surface area contributed by atoms with E-state index >= 15 is 0 Å². The standard InChI is InChI=1S/C22H23N3O6/c1-25-22(28)15-8-6-5-7-14(15)20(24-25)21(27)23-16(12-19(26)31-4)13-9-10-17(29-2)18(11-13)30-3/h5-11,16H,12H2,1-4H3,(H,23,27)/t16-/m1/s1. The lowest BCUT2D eigenvalue weighted by Crippen LogP contribution is -2.33. The zero-order valence-electron chi connectivity index (χ0n) is 17.7. The maximum absolute atomic E-state index is 13.2. The van der Waals surface area contributed by atoms with Gasteiger partial charge in [0.1, 0.15) is 0 Å². The van der Waals surface area contributed by atoms with Gasteiger partial charge in [0.15, 0.2) is 17.2 Å². The van der Waals surface area contributed by atoms with Gasteiger partial charge in [0, 0.05) is 12.4 Å². The van der Waals surface area contributed by atoms with E-state index in [9.17, 15) is 14.4 Å². The second kappa shape index (κ2) is 9.29. The van der Waals surface area contributed by atoms with Crippen LogP contribution in [0.2, 0.25) is 0 Å². The molecule has 9 nitrogen and oxygen atoms in total. The highest BCUT2D eigenvalue weighted by atomic mass is 16.5. The van der Waals surface area contributed by atoms with Gasteiger partial charge in [-0.3, -0.25) is 14.4 Å². The maximum atomic E-state index is 13.2. The van der Waals surface area contributed by atoms with Gasteiger partial charge >= 0.3 is 5.97 Å². The normalized spacial score (nSPS) is 11.6. The Kier molecular flexibility index (Phi) is 6.54. The molecule has 31 heavy (non-hydrogen) atoms. The Morgan fingerprint density at radius 2 is 1.71 bits per heavy atom. The summed E-state index contributed by atoms with van der Waals surface area (Å²) in [5.41, 5.74) is 0.386. The number of carbonyl (C=O) groups excluding carboxylic acids is 2. The molecule has 3 aromatic rings. The van der Waals surface area contributed by atoms with Crippen molar-refractivity contribution in [1.82, 2.24) is 15.1 Å². The first-order chi connectivity index (χ1) is 14.9.